The molecule has 0 aliphatic carbocycles. The fourth-order valence-electron chi connectivity index (χ4n) is 3.94. The number of thioether (sulfide) groups is 1. The second-order valence-electron chi connectivity index (χ2n) is 7.71. The molecule has 9 heteroatoms. The number of nitrogens with one attached hydrogen (secondary N) is 1. The lowest BCUT2D eigenvalue weighted by Crippen LogP contribution is -2.26. The third kappa shape index (κ3) is 3.80. The molecule has 4 heterocycles. The van der Waals surface area contributed by atoms with E-state index in [0.717, 1.165) is 17.3 Å². The minimum Gasteiger partial charge on any atom is -0.360 e. The SMILES string of the molecule is CC(Sc1nnc(CN2CCCC2=O)n1-c1ccccn1)C(=O)c1c[nH]c2ccccc12. The van der Waals surface area contributed by atoms with Gasteiger partial charge >= 0.3 is 0 Å². The number of hydrogen-bond donors (Lipinski definition) is 1. The van der Waals surface area contributed by atoms with Crippen molar-refractivity contribution in [3.05, 3.63) is 66.2 Å². The number of hydrogen-bond acceptors (Lipinski definition) is 6. The first-order valence-corrected chi connectivity index (χ1v) is 11.4. The van der Waals surface area contributed by atoms with E-state index >= 15 is 0 Å². The highest BCUT2D eigenvalue weighted by atomic mass is 32.2. The van der Waals surface area contributed by atoms with Crippen LogP contribution in [0.1, 0.15) is 35.9 Å². The van der Waals surface area contributed by atoms with E-state index in [1.165, 1.54) is 11.8 Å². The van der Waals surface area contributed by atoms with E-state index in [0.29, 0.717) is 41.9 Å². The van der Waals surface area contributed by atoms with Crippen LogP contribution in [0.3, 0.4) is 0 Å². The fraction of sp³-hybridized carbons (Fsp3) is 0.261. The van der Waals surface area contributed by atoms with Crippen LogP contribution in [-0.2, 0) is 11.3 Å². The topological polar surface area (TPSA) is 96.8 Å². The zero-order chi connectivity index (χ0) is 22.1. The number of para-hydroxylation sites is 1. The molecule has 1 amide bonds. The molecule has 1 aromatic carbocycles. The number of aromatic amines is 1. The smallest absolute Gasteiger partial charge is 0.223 e. The number of carbonyl (C=O) groups excluding carboxylic acids is 2. The lowest BCUT2D eigenvalue weighted by atomic mass is 10.1. The van der Waals surface area contributed by atoms with Gasteiger partial charge in [-0.25, -0.2) is 4.98 Å². The highest BCUT2D eigenvalue weighted by Crippen LogP contribution is 2.29. The molecule has 0 radical (unpaired) electrons. The van der Waals surface area contributed by atoms with E-state index in [2.05, 4.69) is 20.2 Å². The van der Waals surface area contributed by atoms with Gasteiger partial charge in [-0.2, -0.15) is 0 Å². The van der Waals surface area contributed by atoms with Crippen molar-refractivity contribution in [2.24, 2.45) is 0 Å². The molecule has 32 heavy (non-hydrogen) atoms. The van der Waals surface area contributed by atoms with Crippen LogP contribution in [0.25, 0.3) is 16.7 Å². The van der Waals surface area contributed by atoms with E-state index < -0.39 is 0 Å². The van der Waals surface area contributed by atoms with Crippen molar-refractivity contribution in [2.45, 2.75) is 36.7 Å². The van der Waals surface area contributed by atoms with Crippen LogP contribution in [-0.4, -0.2) is 53.1 Å². The second-order valence-corrected chi connectivity index (χ2v) is 9.02. The molecule has 1 unspecified atom stereocenters. The molecular weight excluding hydrogens is 424 g/mol. The molecule has 1 atom stereocenters. The van der Waals surface area contributed by atoms with Crippen molar-refractivity contribution in [3.63, 3.8) is 0 Å². The quantitative estimate of drug-likeness (QED) is 0.344. The van der Waals surface area contributed by atoms with Crippen LogP contribution in [0.15, 0.2) is 60.0 Å². The van der Waals surface area contributed by atoms with Gasteiger partial charge in [0.2, 0.25) is 5.91 Å². The maximum atomic E-state index is 13.2. The molecule has 8 nitrogen and oxygen atoms in total. The van der Waals surface area contributed by atoms with Gasteiger partial charge in [-0.15, -0.1) is 10.2 Å². The number of fused-ring (bicyclic) bond motifs is 1. The molecule has 1 aliphatic heterocycles. The Bertz CT molecular complexity index is 1280. The number of amides is 1. The molecule has 1 fully saturated rings. The van der Waals surface area contributed by atoms with Gasteiger partial charge in [0.25, 0.3) is 0 Å². The first-order valence-electron chi connectivity index (χ1n) is 10.5. The van der Waals surface area contributed by atoms with Gasteiger partial charge < -0.3 is 9.88 Å². The molecule has 0 spiro atoms. The average molecular weight is 447 g/mol. The summed E-state index contributed by atoms with van der Waals surface area (Å²) in [6.07, 6.45) is 4.89. The predicted molar refractivity (Wildman–Crippen MR) is 122 cm³/mol. The van der Waals surface area contributed by atoms with Gasteiger partial charge in [-0.3, -0.25) is 14.2 Å². The summed E-state index contributed by atoms with van der Waals surface area (Å²) in [4.78, 5) is 34.8. The Kier molecular flexibility index (Phi) is 5.48. The average Bonchev–Trinajstić information content (AvgIpc) is 3.53. The first kappa shape index (κ1) is 20.4. The number of Topliss-reactive ketones (excluding diaryl/α,β-unsaturated/α-hetero) is 1. The summed E-state index contributed by atoms with van der Waals surface area (Å²) in [5.74, 6) is 1.43. The first-order chi connectivity index (χ1) is 15.6. The number of benzene rings is 1. The maximum Gasteiger partial charge on any atom is 0.223 e. The molecule has 0 bridgehead atoms. The van der Waals surface area contributed by atoms with Crippen molar-refractivity contribution in [1.82, 2.24) is 29.6 Å². The zero-order valence-corrected chi connectivity index (χ0v) is 18.4. The van der Waals surface area contributed by atoms with Gasteiger partial charge in [0, 0.05) is 41.8 Å². The Morgan fingerprint density at radius 1 is 1.19 bits per heavy atom. The van der Waals surface area contributed by atoms with E-state index in [-0.39, 0.29) is 16.9 Å². The number of H-pyrrole nitrogens is 1. The highest BCUT2D eigenvalue weighted by Gasteiger charge is 2.27. The zero-order valence-electron chi connectivity index (χ0n) is 17.6. The standard InChI is InChI=1S/C23H22N6O2S/c1-15(22(31)17-13-25-18-8-3-2-7-16(17)18)32-23-27-26-20(14-28-12-6-10-21(28)30)29(23)19-9-4-5-11-24-19/h2-5,7-9,11,13,15,25H,6,10,12,14H2,1H3. The largest absolute Gasteiger partial charge is 0.360 e. The van der Waals surface area contributed by atoms with Crippen molar-refractivity contribution in [2.75, 3.05) is 6.54 Å². The van der Waals surface area contributed by atoms with E-state index in [9.17, 15) is 9.59 Å². The summed E-state index contributed by atoms with van der Waals surface area (Å²) in [5.41, 5.74) is 1.59. The number of ketones is 1. The minimum atomic E-state index is -0.387. The van der Waals surface area contributed by atoms with Crippen LogP contribution < -0.4 is 0 Å². The number of rotatable bonds is 7. The van der Waals surface area contributed by atoms with Gasteiger partial charge in [-0.1, -0.05) is 36.0 Å². The van der Waals surface area contributed by atoms with Crippen LogP contribution in [0.5, 0.6) is 0 Å². The van der Waals surface area contributed by atoms with Gasteiger partial charge in [0.15, 0.2) is 16.8 Å². The molecular formula is C23H22N6O2S. The third-order valence-electron chi connectivity index (χ3n) is 5.59. The molecule has 1 aliphatic rings. The fourth-order valence-corrected chi connectivity index (χ4v) is 4.89. The van der Waals surface area contributed by atoms with Gasteiger partial charge in [0.05, 0.1) is 11.8 Å². The van der Waals surface area contributed by atoms with Crippen LogP contribution in [0.4, 0.5) is 0 Å². The van der Waals surface area contributed by atoms with Crippen molar-refractivity contribution in [3.8, 4) is 5.82 Å². The van der Waals surface area contributed by atoms with Crippen LogP contribution in [0.2, 0.25) is 0 Å². The summed E-state index contributed by atoms with van der Waals surface area (Å²) < 4.78 is 1.84. The predicted octanol–water partition coefficient (Wildman–Crippen LogP) is 3.63. The molecule has 1 N–H and O–H groups in total. The Balaban J connectivity index is 1.45. The molecule has 5 rings (SSSR count). The maximum absolute atomic E-state index is 13.2. The van der Waals surface area contributed by atoms with Crippen LogP contribution in [0, 0.1) is 0 Å². The lowest BCUT2D eigenvalue weighted by Gasteiger charge is -2.16. The molecule has 162 valence electrons. The van der Waals surface area contributed by atoms with Gasteiger partial charge in [-0.05, 0) is 31.5 Å². The Morgan fingerprint density at radius 3 is 2.81 bits per heavy atom. The second kappa shape index (κ2) is 8.58. The van der Waals surface area contributed by atoms with Crippen molar-refractivity contribution >= 4 is 34.4 Å². The molecule has 4 aromatic rings. The Labute approximate surface area is 189 Å². The monoisotopic (exact) mass is 446 g/mol. The normalized spacial score (nSPS) is 14.9. The summed E-state index contributed by atoms with van der Waals surface area (Å²) in [6, 6.07) is 13.4. The third-order valence-corrected chi connectivity index (χ3v) is 6.63. The van der Waals surface area contributed by atoms with E-state index in [1.54, 1.807) is 17.3 Å². The van der Waals surface area contributed by atoms with E-state index in [4.69, 9.17) is 0 Å². The van der Waals surface area contributed by atoms with Gasteiger partial charge in [0.1, 0.15) is 5.82 Å². The molecule has 0 saturated carbocycles. The number of nitrogens with zero attached hydrogens (tertiary/aromatic N) is 5. The van der Waals surface area contributed by atoms with Crippen molar-refractivity contribution < 1.29 is 9.59 Å². The summed E-state index contributed by atoms with van der Waals surface area (Å²) in [7, 11) is 0. The summed E-state index contributed by atoms with van der Waals surface area (Å²) >= 11 is 1.34. The summed E-state index contributed by atoms with van der Waals surface area (Å²) in [6.45, 7) is 2.95. The van der Waals surface area contributed by atoms with Crippen LogP contribution >= 0.6 is 11.8 Å². The minimum absolute atomic E-state index is 0.0132. The summed E-state index contributed by atoms with van der Waals surface area (Å²) in [5, 5.41) is 9.81. The number of likely N-dealkylation sites (tertiary alicyclic amines) is 1. The lowest BCUT2D eigenvalue weighted by molar-refractivity contribution is -0.128. The Hall–Kier alpha value is -3.46. The number of aromatic nitrogens is 5. The van der Waals surface area contributed by atoms with E-state index in [1.807, 2.05) is 54.0 Å². The molecule has 3 aromatic heterocycles. The molecule has 1 saturated heterocycles. The van der Waals surface area contributed by atoms with Crippen molar-refractivity contribution in [1.29, 1.82) is 0 Å². The Morgan fingerprint density at radius 2 is 2.03 bits per heavy atom. The highest BCUT2D eigenvalue weighted by molar-refractivity contribution is 8.00. The number of carbonyl (C=O) groups is 2. The number of pyridine rings is 1.